The van der Waals surface area contributed by atoms with Crippen LogP contribution in [0.25, 0.3) is 0 Å². The minimum Gasteiger partial charge on any atom is -0.495 e. The van der Waals surface area contributed by atoms with Crippen molar-refractivity contribution in [3.05, 3.63) is 15.3 Å². The maximum absolute atomic E-state index is 5.79. The highest BCUT2D eigenvalue weighted by atomic mass is 32.1. The third-order valence-electron chi connectivity index (χ3n) is 4.51. The summed E-state index contributed by atoms with van der Waals surface area (Å²) in [5.41, 5.74) is 1.86. The highest BCUT2D eigenvalue weighted by Crippen LogP contribution is 2.48. The van der Waals surface area contributed by atoms with E-state index in [2.05, 4.69) is 48.5 Å². The van der Waals surface area contributed by atoms with Gasteiger partial charge >= 0.3 is 0 Å². The molecule has 1 nitrogen and oxygen atoms in total. The molecule has 0 saturated carbocycles. The molecule has 0 bridgehead atoms. The predicted octanol–water partition coefficient (Wildman–Crippen LogP) is 5.69. The van der Waals surface area contributed by atoms with Gasteiger partial charge in [0.15, 0.2) is 0 Å². The first kappa shape index (κ1) is 16.6. The Balaban J connectivity index is 3.52. The molecule has 0 amide bonds. The van der Waals surface area contributed by atoms with E-state index in [0.29, 0.717) is 0 Å². The molecule has 0 N–H and O–H groups in total. The summed E-state index contributed by atoms with van der Waals surface area (Å²) in [6.45, 7) is 16.1. The van der Waals surface area contributed by atoms with Crippen LogP contribution < -0.4 is 4.74 Å². The number of rotatable bonds is 6. The van der Waals surface area contributed by atoms with Gasteiger partial charge in [-0.2, -0.15) is 0 Å². The average Bonchev–Trinajstić information content (AvgIpc) is 2.78. The van der Waals surface area contributed by atoms with Gasteiger partial charge < -0.3 is 4.74 Å². The van der Waals surface area contributed by atoms with Crippen molar-refractivity contribution in [2.24, 2.45) is 0 Å². The van der Waals surface area contributed by atoms with Gasteiger partial charge in [-0.15, -0.1) is 11.3 Å². The third kappa shape index (κ3) is 2.99. The van der Waals surface area contributed by atoms with Gasteiger partial charge in [-0.1, -0.05) is 48.5 Å². The van der Waals surface area contributed by atoms with Crippen molar-refractivity contribution in [3.8, 4) is 5.75 Å². The molecule has 110 valence electrons. The lowest BCUT2D eigenvalue weighted by molar-refractivity contribution is 0.389. The third-order valence-corrected chi connectivity index (χ3v) is 6.46. The Labute approximate surface area is 123 Å². The molecule has 0 aliphatic heterocycles. The van der Waals surface area contributed by atoms with Crippen LogP contribution in [0.3, 0.4) is 0 Å². The van der Waals surface area contributed by atoms with Crippen molar-refractivity contribution < 1.29 is 4.74 Å². The molecule has 1 aromatic heterocycles. The number of methoxy groups -OCH3 is 1. The van der Waals surface area contributed by atoms with Crippen molar-refractivity contribution in [1.82, 2.24) is 0 Å². The molecule has 0 radical (unpaired) electrons. The van der Waals surface area contributed by atoms with Crippen LogP contribution in [0.5, 0.6) is 5.75 Å². The molecule has 1 rings (SSSR count). The standard InChI is InChI=1S/C17H30OS/c1-9-12-13(18-8)15(17(6,7)11-3)19-14(12)16(4,5)10-2/h9-11H2,1-8H3. The smallest absolute Gasteiger partial charge is 0.136 e. The van der Waals surface area contributed by atoms with E-state index in [4.69, 9.17) is 4.74 Å². The largest absolute Gasteiger partial charge is 0.495 e. The van der Waals surface area contributed by atoms with E-state index in [0.717, 1.165) is 25.0 Å². The summed E-state index contributed by atoms with van der Waals surface area (Å²) in [5, 5.41) is 0. The molecule has 0 atom stereocenters. The molecule has 0 aliphatic rings. The zero-order valence-electron chi connectivity index (χ0n) is 13.9. The van der Waals surface area contributed by atoms with Gasteiger partial charge in [0.05, 0.1) is 12.0 Å². The highest BCUT2D eigenvalue weighted by molar-refractivity contribution is 7.12. The van der Waals surface area contributed by atoms with E-state index in [-0.39, 0.29) is 10.8 Å². The maximum Gasteiger partial charge on any atom is 0.136 e. The van der Waals surface area contributed by atoms with Gasteiger partial charge in [0, 0.05) is 15.9 Å². The van der Waals surface area contributed by atoms with Crippen LogP contribution in [0, 0.1) is 0 Å². The Morgan fingerprint density at radius 3 is 1.74 bits per heavy atom. The Kier molecular flexibility index (Phi) is 5.11. The number of hydrogen-bond acceptors (Lipinski definition) is 2. The van der Waals surface area contributed by atoms with E-state index in [1.54, 1.807) is 0 Å². The first-order valence-electron chi connectivity index (χ1n) is 7.45. The predicted molar refractivity (Wildman–Crippen MR) is 86.9 cm³/mol. The van der Waals surface area contributed by atoms with E-state index in [1.165, 1.54) is 15.3 Å². The summed E-state index contributed by atoms with van der Waals surface area (Å²) < 4.78 is 5.79. The molecule has 0 unspecified atom stereocenters. The van der Waals surface area contributed by atoms with E-state index < -0.39 is 0 Å². The van der Waals surface area contributed by atoms with Crippen molar-refractivity contribution in [3.63, 3.8) is 0 Å². The molecular weight excluding hydrogens is 252 g/mol. The Morgan fingerprint density at radius 1 is 0.895 bits per heavy atom. The van der Waals surface area contributed by atoms with Crippen molar-refractivity contribution >= 4 is 11.3 Å². The fraction of sp³-hybridized carbons (Fsp3) is 0.765. The van der Waals surface area contributed by atoms with Crippen LogP contribution in [0.15, 0.2) is 0 Å². The summed E-state index contributed by atoms with van der Waals surface area (Å²) in [7, 11) is 1.82. The highest BCUT2D eigenvalue weighted by Gasteiger charge is 2.33. The second kappa shape index (κ2) is 5.87. The van der Waals surface area contributed by atoms with Gasteiger partial charge in [0.1, 0.15) is 5.75 Å². The fourth-order valence-electron chi connectivity index (χ4n) is 2.30. The van der Waals surface area contributed by atoms with Gasteiger partial charge in [-0.3, -0.25) is 0 Å². The summed E-state index contributed by atoms with van der Waals surface area (Å²) in [6.07, 6.45) is 3.35. The monoisotopic (exact) mass is 282 g/mol. The zero-order valence-corrected chi connectivity index (χ0v) is 14.8. The Hall–Kier alpha value is -0.500. The van der Waals surface area contributed by atoms with Crippen LogP contribution in [-0.4, -0.2) is 7.11 Å². The molecule has 0 saturated heterocycles. The lowest BCUT2D eigenvalue weighted by Gasteiger charge is -2.23. The van der Waals surface area contributed by atoms with Crippen molar-refractivity contribution in [2.45, 2.75) is 78.6 Å². The molecule has 0 fully saturated rings. The number of hydrogen-bond donors (Lipinski definition) is 0. The summed E-state index contributed by atoms with van der Waals surface area (Å²) in [4.78, 5) is 2.94. The molecule has 19 heavy (non-hydrogen) atoms. The van der Waals surface area contributed by atoms with Crippen LogP contribution in [0.1, 0.15) is 76.6 Å². The molecule has 2 heteroatoms. The van der Waals surface area contributed by atoms with E-state index in [1.807, 2.05) is 18.4 Å². The van der Waals surface area contributed by atoms with E-state index >= 15 is 0 Å². The lowest BCUT2D eigenvalue weighted by atomic mass is 9.84. The van der Waals surface area contributed by atoms with Gasteiger partial charge in [-0.25, -0.2) is 0 Å². The second-order valence-electron chi connectivity index (χ2n) is 6.60. The summed E-state index contributed by atoms with van der Waals surface area (Å²) in [5.74, 6) is 1.15. The first-order chi connectivity index (χ1) is 8.75. The van der Waals surface area contributed by atoms with Crippen molar-refractivity contribution in [1.29, 1.82) is 0 Å². The fourth-order valence-corrected chi connectivity index (χ4v) is 4.01. The molecule has 0 aromatic carbocycles. The summed E-state index contributed by atoms with van der Waals surface area (Å²) >= 11 is 1.97. The molecular formula is C17H30OS. The minimum absolute atomic E-state index is 0.196. The topological polar surface area (TPSA) is 9.23 Å². The van der Waals surface area contributed by atoms with E-state index in [9.17, 15) is 0 Å². The van der Waals surface area contributed by atoms with Crippen LogP contribution in [0.4, 0.5) is 0 Å². The van der Waals surface area contributed by atoms with Crippen LogP contribution >= 0.6 is 11.3 Å². The quantitative estimate of drug-likeness (QED) is 0.651. The molecule has 0 aliphatic carbocycles. The SMILES string of the molecule is CCc1c(C(C)(C)CC)sc(C(C)(C)CC)c1OC. The van der Waals surface area contributed by atoms with Gasteiger partial charge in [0.2, 0.25) is 0 Å². The molecule has 1 heterocycles. The number of ether oxygens (including phenoxy) is 1. The molecule has 1 aromatic rings. The Bertz CT molecular complexity index is 388. The first-order valence-corrected chi connectivity index (χ1v) is 8.27. The lowest BCUT2D eigenvalue weighted by Crippen LogP contribution is -2.15. The maximum atomic E-state index is 5.79. The van der Waals surface area contributed by atoms with Crippen LogP contribution in [-0.2, 0) is 17.3 Å². The second-order valence-corrected chi connectivity index (χ2v) is 7.62. The average molecular weight is 282 g/mol. The molecule has 0 spiro atoms. The Morgan fingerprint density at radius 2 is 1.37 bits per heavy atom. The van der Waals surface area contributed by atoms with Crippen LogP contribution in [0.2, 0.25) is 0 Å². The van der Waals surface area contributed by atoms with Gasteiger partial charge in [0.25, 0.3) is 0 Å². The van der Waals surface area contributed by atoms with Crippen molar-refractivity contribution in [2.75, 3.05) is 7.11 Å². The number of thiophene rings is 1. The minimum atomic E-state index is 0.196. The zero-order chi connectivity index (χ0) is 14.8. The van der Waals surface area contributed by atoms with Gasteiger partial charge in [-0.05, 0) is 24.7 Å². The normalized spacial score (nSPS) is 12.8. The summed E-state index contributed by atoms with van der Waals surface area (Å²) in [6, 6.07) is 0.